The van der Waals surface area contributed by atoms with Crippen molar-refractivity contribution in [3.63, 3.8) is 0 Å². The first kappa shape index (κ1) is 21.2. The Bertz CT molecular complexity index is 1260. The second-order valence-corrected chi connectivity index (χ2v) is 8.27. The Morgan fingerprint density at radius 3 is 2.33 bits per heavy atom. The number of benzene rings is 3. The number of carbonyl (C=O) groups excluding carboxylic acids is 1. The molecule has 0 spiro atoms. The number of rotatable bonds is 4. The second kappa shape index (κ2) is 9.08. The van der Waals surface area contributed by atoms with Crippen LogP contribution in [0.25, 0.3) is 22.8 Å². The third-order valence-corrected chi connectivity index (χ3v) is 6.03. The summed E-state index contributed by atoms with van der Waals surface area (Å²) < 4.78 is 19.2. The summed E-state index contributed by atoms with van der Waals surface area (Å²) >= 11 is 5.97. The average Bonchev–Trinajstić information content (AvgIpc) is 3.35. The van der Waals surface area contributed by atoms with Gasteiger partial charge in [0.05, 0.1) is 11.8 Å². The highest BCUT2D eigenvalue weighted by Crippen LogP contribution is 2.30. The lowest BCUT2D eigenvalue weighted by Crippen LogP contribution is -2.48. The number of oxazole rings is 1. The number of hydrogen-bond acceptors (Lipinski definition) is 4. The van der Waals surface area contributed by atoms with Gasteiger partial charge < -0.3 is 14.2 Å². The van der Waals surface area contributed by atoms with Crippen molar-refractivity contribution < 1.29 is 13.6 Å². The molecule has 1 aromatic heterocycles. The van der Waals surface area contributed by atoms with Crippen molar-refractivity contribution in [3.8, 4) is 22.8 Å². The minimum Gasteiger partial charge on any atom is -0.436 e. The average molecular weight is 462 g/mol. The molecule has 0 saturated carbocycles. The van der Waals surface area contributed by atoms with Crippen LogP contribution in [0.4, 0.5) is 10.1 Å². The van der Waals surface area contributed by atoms with Gasteiger partial charge in [-0.2, -0.15) is 0 Å². The molecule has 0 atom stereocenters. The molecule has 1 amide bonds. The van der Waals surface area contributed by atoms with Gasteiger partial charge in [-0.1, -0.05) is 23.7 Å². The second-order valence-electron chi connectivity index (χ2n) is 7.84. The SMILES string of the molecule is O=C(c1ccccc1-c1ncc(-c2ccc(Cl)cc2)o1)N1CCN(c2ccc(F)cc2)CC1. The Morgan fingerprint density at radius 2 is 1.61 bits per heavy atom. The van der Waals surface area contributed by atoms with Crippen molar-refractivity contribution in [3.05, 3.63) is 95.4 Å². The minimum absolute atomic E-state index is 0.0596. The third kappa shape index (κ3) is 4.47. The van der Waals surface area contributed by atoms with E-state index < -0.39 is 0 Å². The summed E-state index contributed by atoms with van der Waals surface area (Å²) in [5.41, 5.74) is 3.03. The molecule has 0 aliphatic carbocycles. The van der Waals surface area contributed by atoms with E-state index in [-0.39, 0.29) is 11.7 Å². The molecule has 4 aromatic rings. The number of aromatic nitrogens is 1. The predicted molar refractivity (Wildman–Crippen MR) is 127 cm³/mol. The Balaban J connectivity index is 1.33. The molecule has 1 fully saturated rings. The zero-order chi connectivity index (χ0) is 22.8. The maximum absolute atomic E-state index is 13.4. The third-order valence-electron chi connectivity index (χ3n) is 5.78. The maximum atomic E-state index is 13.4. The van der Waals surface area contributed by atoms with Crippen LogP contribution in [0, 0.1) is 5.82 Å². The van der Waals surface area contributed by atoms with E-state index in [1.54, 1.807) is 36.5 Å². The molecule has 0 bridgehead atoms. The fourth-order valence-electron chi connectivity index (χ4n) is 3.99. The van der Waals surface area contributed by atoms with E-state index in [2.05, 4.69) is 9.88 Å². The molecular formula is C26H21ClFN3O2. The molecule has 0 N–H and O–H groups in total. The summed E-state index contributed by atoms with van der Waals surface area (Å²) in [5.74, 6) is 0.691. The molecular weight excluding hydrogens is 441 g/mol. The number of anilines is 1. The predicted octanol–water partition coefficient (Wildman–Crippen LogP) is 5.76. The van der Waals surface area contributed by atoms with E-state index in [9.17, 15) is 9.18 Å². The number of amides is 1. The lowest BCUT2D eigenvalue weighted by atomic mass is 10.1. The molecule has 0 unspecified atom stereocenters. The van der Waals surface area contributed by atoms with Crippen molar-refractivity contribution in [1.82, 2.24) is 9.88 Å². The highest BCUT2D eigenvalue weighted by Gasteiger charge is 2.25. The van der Waals surface area contributed by atoms with Gasteiger partial charge in [0.1, 0.15) is 5.82 Å². The van der Waals surface area contributed by atoms with Gasteiger partial charge in [0.25, 0.3) is 5.91 Å². The van der Waals surface area contributed by atoms with E-state index in [0.717, 1.165) is 11.3 Å². The molecule has 7 heteroatoms. The monoisotopic (exact) mass is 461 g/mol. The van der Waals surface area contributed by atoms with Gasteiger partial charge in [-0.25, -0.2) is 9.37 Å². The maximum Gasteiger partial charge on any atom is 0.254 e. The van der Waals surface area contributed by atoms with E-state index in [1.807, 2.05) is 35.2 Å². The van der Waals surface area contributed by atoms with Crippen LogP contribution in [-0.2, 0) is 0 Å². The van der Waals surface area contributed by atoms with Crippen LogP contribution in [0.5, 0.6) is 0 Å². The normalized spacial score (nSPS) is 13.9. The van der Waals surface area contributed by atoms with Crippen LogP contribution in [-0.4, -0.2) is 42.0 Å². The van der Waals surface area contributed by atoms with Crippen molar-refractivity contribution >= 4 is 23.2 Å². The van der Waals surface area contributed by atoms with E-state index >= 15 is 0 Å². The summed E-state index contributed by atoms with van der Waals surface area (Å²) in [5, 5.41) is 0.647. The van der Waals surface area contributed by atoms with Crippen LogP contribution in [0.15, 0.2) is 83.4 Å². The zero-order valence-electron chi connectivity index (χ0n) is 17.7. The lowest BCUT2D eigenvalue weighted by molar-refractivity contribution is 0.0747. The Morgan fingerprint density at radius 1 is 0.909 bits per heavy atom. The number of piperazine rings is 1. The van der Waals surface area contributed by atoms with Crippen LogP contribution >= 0.6 is 11.6 Å². The van der Waals surface area contributed by atoms with Crippen LogP contribution < -0.4 is 4.90 Å². The molecule has 1 aliphatic heterocycles. The highest BCUT2D eigenvalue weighted by atomic mass is 35.5. The number of nitrogens with zero attached hydrogens (tertiary/aromatic N) is 3. The van der Waals surface area contributed by atoms with Gasteiger partial charge in [-0.3, -0.25) is 4.79 Å². The van der Waals surface area contributed by atoms with Gasteiger partial charge in [0.15, 0.2) is 5.76 Å². The molecule has 5 nitrogen and oxygen atoms in total. The van der Waals surface area contributed by atoms with Crippen molar-refractivity contribution in [2.45, 2.75) is 0 Å². The molecule has 166 valence electrons. The summed E-state index contributed by atoms with van der Waals surface area (Å²) in [6.45, 7) is 2.51. The van der Waals surface area contributed by atoms with Crippen LogP contribution in [0.3, 0.4) is 0 Å². The van der Waals surface area contributed by atoms with Gasteiger partial charge in [0, 0.05) is 48.0 Å². The first-order chi connectivity index (χ1) is 16.1. The molecule has 3 aromatic carbocycles. The number of carbonyl (C=O) groups is 1. The fourth-order valence-corrected chi connectivity index (χ4v) is 4.12. The quantitative estimate of drug-likeness (QED) is 0.387. The lowest BCUT2D eigenvalue weighted by Gasteiger charge is -2.36. The van der Waals surface area contributed by atoms with Gasteiger partial charge in [0.2, 0.25) is 5.89 Å². The summed E-state index contributed by atoms with van der Waals surface area (Å²) in [6, 6.07) is 21.1. The smallest absolute Gasteiger partial charge is 0.254 e. The first-order valence-corrected chi connectivity index (χ1v) is 11.1. The molecule has 2 heterocycles. The van der Waals surface area contributed by atoms with E-state index in [1.165, 1.54) is 12.1 Å². The Hall–Kier alpha value is -3.64. The zero-order valence-corrected chi connectivity index (χ0v) is 18.5. The minimum atomic E-state index is -0.255. The van der Waals surface area contributed by atoms with Gasteiger partial charge in [-0.05, 0) is 60.7 Å². The summed E-state index contributed by atoms with van der Waals surface area (Å²) in [4.78, 5) is 21.8. The van der Waals surface area contributed by atoms with Crippen molar-refractivity contribution in [2.24, 2.45) is 0 Å². The van der Waals surface area contributed by atoms with Crippen LogP contribution in [0.2, 0.25) is 5.02 Å². The molecule has 1 aliphatic rings. The Labute approximate surface area is 196 Å². The standard InChI is InChI=1S/C26H21ClFN3O2/c27-19-7-5-18(6-8-19)24-17-29-25(33-24)22-3-1-2-4-23(22)26(32)31-15-13-30(14-16-31)21-11-9-20(28)10-12-21/h1-12,17H,13-16H2. The van der Waals surface area contributed by atoms with Crippen LogP contribution in [0.1, 0.15) is 10.4 Å². The van der Waals surface area contributed by atoms with E-state index in [0.29, 0.717) is 54.0 Å². The molecule has 1 saturated heterocycles. The summed E-state index contributed by atoms with van der Waals surface area (Å²) in [7, 11) is 0. The topological polar surface area (TPSA) is 49.6 Å². The molecule has 33 heavy (non-hydrogen) atoms. The summed E-state index contributed by atoms with van der Waals surface area (Å²) in [6.07, 6.45) is 1.65. The van der Waals surface area contributed by atoms with Crippen molar-refractivity contribution in [2.75, 3.05) is 31.1 Å². The van der Waals surface area contributed by atoms with Gasteiger partial charge in [-0.15, -0.1) is 0 Å². The number of halogens is 2. The molecule has 0 radical (unpaired) electrons. The Kier molecular flexibility index (Phi) is 5.84. The van der Waals surface area contributed by atoms with Gasteiger partial charge >= 0.3 is 0 Å². The fraction of sp³-hybridized carbons (Fsp3) is 0.154. The first-order valence-electron chi connectivity index (χ1n) is 10.7. The molecule has 5 rings (SSSR count). The van der Waals surface area contributed by atoms with E-state index in [4.69, 9.17) is 16.0 Å². The number of hydrogen-bond donors (Lipinski definition) is 0. The highest BCUT2D eigenvalue weighted by molar-refractivity contribution is 6.30. The largest absolute Gasteiger partial charge is 0.436 e. The van der Waals surface area contributed by atoms with Crippen molar-refractivity contribution in [1.29, 1.82) is 0 Å².